The number of hydrogen-bond acceptors (Lipinski definition) is 7. The first-order valence-electron chi connectivity index (χ1n) is 9.98. The molecule has 1 heterocycles. The summed E-state index contributed by atoms with van der Waals surface area (Å²) < 4.78 is 6.41. The lowest BCUT2D eigenvalue weighted by Crippen LogP contribution is -2.56. The van der Waals surface area contributed by atoms with Gasteiger partial charge in [-0.2, -0.15) is 0 Å². The summed E-state index contributed by atoms with van der Waals surface area (Å²) in [4.78, 5) is 25.9. The highest BCUT2D eigenvalue weighted by molar-refractivity contribution is 5.59. The fourth-order valence-corrected chi connectivity index (χ4v) is 4.29. The van der Waals surface area contributed by atoms with Gasteiger partial charge in [0, 0.05) is 31.6 Å². The highest BCUT2D eigenvalue weighted by atomic mass is 16.5. The lowest BCUT2D eigenvalue weighted by Gasteiger charge is -2.26. The molecule has 30 heavy (non-hydrogen) atoms. The van der Waals surface area contributed by atoms with Crippen LogP contribution >= 0.6 is 0 Å². The minimum atomic E-state index is -0.653. The van der Waals surface area contributed by atoms with E-state index in [9.17, 15) is 19.8 Å². The fraction of sp³-hybridized carbons (Fsp3) is 0.364. The Bertz CT molecular complexity index is 1370. The standard InChI is InChI=1S/C22H23N3O5/c1-2-9-30-10-5-8-25-21(28)15-16(22(25)29)18(24)14-13(17(15)23)19(26)11-6-3-4-7-12(11)20(14)27/h3-4,6-7,11-12,23-24,26-27H,2,5,8-10H2,1H3/t11-,12-/m0/s1. The second-order valence-corrected chi connectivity index (χ2v) is 7.57. The summed E-state index contributed by atoms with van der Waals surface area (Å²) in [6, 6.07) is 0. The van der Waals surface area contributed by atoms with Gasteiger partial charge in [0.2, 0.25) is 0 Å². The number of rotatable bonds is 6. The van der Waals surface area contributed by atoms with Crippen LogP contribution in [0.3, 0.4) is 0 Å². The molecular formula is C22H23N3O5. The number of ether oxygens (including phenoxy) is 1. The molecule has 0 saturated heterocycles. The molecule has 0 aromatic heterocycles. The maximum atomic E-state index is 12.9. The van der Waals surface area contributed by atoms with Crippen molar-refractivity contribution < 1.29 is 14.9 Å². The van der Waals surface area contributed by atoms with E-state index in [1.54, 1.807) is 24.3 Å². The summed E-state index contributed by atoms with van der Waals surface area (Å²) in [6.07, 6.45) is 8.17. The number of aliphatic hydroxyl groups excluding tert-OH is 2. The molecule has 0 amide bonds. The molecule has 0 aromatic rings. The molecule has 4 aliphatic rings. The quantitative estimate of drug-likeness (QED) is 0.467. The Morgan fingerprint density at radius 2 is 1.40 bits per heavy atom. The van der Waals surface area contributed by atoms with Crippen LogP contribution in [0.15, 0.2) is 33.9 Å². The molecule has 0 fully saturated rings. The van der Waals surface area contributed by atoms with E-state index in [0.29, 0.717) is 19.6 Å². The second kappa shape index (κ2) is 7.53. The highest BCUT2D eigenvalue weighted by Crippen LogP contribution is 2.31. The number of aromatic nitrogens is 1. The Morgan fingerprint density at radius 3 is 1.87 bits per heavy atom. The van der Waals surface area contributed by atoms with Gasteiger partial charge in [0.05, 0.1) is 31.6 Å². The van der Waals surface area contributed by atoms with Gasteiger partial charge in [-0.25, -0.2) is 0 Å². The zero-order chi connectivity index (χ0) is 21.6. The first-order chi connectivity index (χ1) is 14.4. The van der Waals surface area contributed by atoms with E-state index < -0.39 is 23.0 Å². The molecule has 0 spiro atoms. The van der Waals surface area contributed by atoms with Gasteiger partial charge in [0.15, 0.2) is 0 Å². The summed E-state index contributed by atoms with van der Waals surface area (Å²) in [5, 5.41) is 37.6. The largest absolute Gasteiger partial charge is 0.511 e. The van der Waals surface area contributed by atoms with E-state index in [0.717, 1.165) is 11.0 Å². The molecule has 4 rings (SSSR count). The third kappa shape index (κ3) is 2.79. The van der Waals surface area contributed by atoms with E-state index in [1.165, 1.54) is 0 Å². The normalized spacial score (nSPS) is 20.0. The molecule has 0 unspecified atom stereocenters. The van der Waals surface area contributed by atoms with E-state index in [1.807, 2.05) is 6.92 Å². The zero-order valence-corrected chi connectivity index (χ0v) is 16.6. The second-order valence-electron chi connectivity index (χ2n) is 7.57. The third-order valence-corrected chi connectivity index (χ3v) is 5.72. The van der Waals surface area contributed by atoms with Gasteiger partial charge in [-0.15, -0.1) is 0 Å². The topological polar surface area (TPSA) is 136 Å². The van der Waals surface area contributed by atoms with Crippen LogP contribution in [0.2, 0.25) is 0 Å². The minimum absolute atomic E-state index is 0.0493. The van der Waals surface area contributed by atoms with Crippen LogP contribution in [-0.4, -0.2) is 28.0 Å². The van der Waals surface area contributed by atoms with Crippen molar-refractivity contribution in [2.75, 3.05) is 13.2 Å². The van der Waals surface area contributed by atoms with Crippen LogP contribution in [-0.2, 0) is 11.3 Å². The number of allylic oxidation sites excluding steroid dienone is 2. The highest BCUT2D eigenvalue weighted by Gasteiger charge is 2.32. The molecule has 0 aromatic carbocycles. The molecular weight excluding hydrogens is 386 g/mol. The van der Waals surface area contributed by atoms with Gasteiger partial charge in [0.25, 0.3) is 11.1 Å². The van der Waals surface area contributed by atoms with Crippen molar-refractivity contribution >= 4 is 11.5 Å². The average molecular weight is 409 g/mol. The monoisotopic (exact) mass is 409 g/mol. The summed E-state index contributed by atoms with van der Waals surface area (Å²) in [5.74, 6) is -1.52. The van der Waals surface area contributed by atoms with Crippen molar-refractivity contribution in [3.05, 3.63) is 76.6 Å². The summed E-state index contributed by atoms with van der Waals surface area (Å²) in [6.45, 7) is 3.09. The Kier molecular flexibility index (Phi) is 5.03. The molecule has 8 nitrogen and oxygen atoms in total. The molecule has 8 heteroatoms. The summed E-state index contributed by atoms with van der Waals surface area (Å²) in [5.41, 5.74) is -1.31. The minimum Gasteiger partial charge on any atom is -0.511 e. The Balaban J connectivity index is 2.01. The maximum absolute atomic E-state index is 12.9. The lowest BCUT2D eigenvalue weighted by molar-refractivity contribution is 0.129. The van der Waals surface area contributed by atoms with Gasteiger partial charge in [-0.1, -0.05) is 31.2 Å². The van der Waals surface area contributed by atoms with Crippen molar-refractivity contribution in [2.24, 2.45) is 11.8 Å². The third-order valence-electron chi connectivity index (χ3n) is 5.72. The van der Waals surface area contributed by atoms with Crippen molar-refractivity contribution in [1.29, 1.82) is 10.8 Å². The Hall–Kier alpha value is -3.26. The van der Waals surface area contributed by atoms with Crippen molar-refractivity contribution in [3.63, 3.8) is 0 Å². The van der Waals surface area contributed by atoms with Crippen molar-refractivity contribution in [2.45, 2.75) is 26.3 Å². The van der Waals surface area contributed by atoms with Crippen molar-refractivity contribution in [3.8, 4) is 0 Å². The van der Waals surface area contributed by atoms with Crippen LogP contribution < -0.4 is 32.3 Å². The van der Waals surface area contributed by atoms with Gasteiger partial charge >= 0.3 is 0 Å². The first kappa shape index (κ1) is 20.0. The Morgan fingerprint density at radius 1 is 0.900 bits per heavy atom. The number of nitrogens with one attached hydrogen (secondary N) is 2. The number of nitrogens with zero attached hydrogens (tertiary/aromatic N) is 1. The zero-order valence-electron chi connectivity index (χ0n) is 16.6. The number of hydrogen-bond donors (Lipinski definition) is 4. The molecule has 0 radical (unpaired) electrons. The van der Waals surface area contributed by atoms with Gasteiger partial charge in [-0.3, -0.25) is 25.0 Å². The Labute approximate surface area is 170 Å². The maximum Gasteiger partial charge on any atom is 0.263 e. The van der Waals surface area contributed by atoms with Gasteiger partial charge < -0.3 is 14.9 Å². The number of aliphatic hydroxyl groups is 2. The molecule has 4 N–H and O–H groups in total. The number of fused-ring (bicyclic) bond motifs is 2. The van der Waals surface area contributed by atoms with Crippen LogP contribution in [0.25, 0.3) is 11.5 Å². The summed E-state index contributed by atoms with van der Waals surface area (Å²) >= 11 is 0. The van der Waals surface area contributed by atoms with Gasteiger partial charge in [0.1, 0.15) is 11.5 Å². The van der Waals surface area contributed by atoms with E-state index in [-0.39, 0.29) is 49.7 Å². The summed E-state index contributed by atoms with van der Waals surface area (Å²) in [7, 11) is 0. The van der Waals surface area contributed by atoms with E-state index in [4.69, 9.17) is 15.6 Å². The predicted molar refractivity (Wildman–Crippen MR) is 109 cm³/mol. The van der Waals surface area contributed by atoms with E-state index >= 15 is 0 Å². The fourth-order valence-electron chi connectivity index (χ4n) is 4.29. The molecule has 0 saturated carbocycles. The molecule has 0 bridgehead atoms. The van der Waals surface area contributed by atoms with Crippen LogP contribution in [0.4, 0.5) is 0 Å². The van der Waals surface area contributed by atoms with Crippen molar-refractivity contribution in [1.82, 2.24) is 4.57 Å². The lowest BCUT2D eigenvalue weighted by atomic mass is 9.80. The smallest absolute Gasteiger partial charge is 0.263 e. The van der Waals surface area contributed by atoms with Crippen LogP contribution in [0, 0.1) is 33.1 Å². The van der Waals surface area contributed by atoms with Crippen LogP contribution in [0.5, 0.6) is 0 Å². The first-order valence-corrected chi connectivity index (χ1v) is 9.98. The van der Waals surface area contributed by atoms with Gasteiger partial charge in [-0.05, 0) is 12.8 Å². The van der Waals surface area contributed by atoms with Crippen LogP contribution in [0.1, 0.15) is 19.8 Å². The average Bonchev–Trinajstić information content (AvgIpc) is 2.99. The SMILES string of the molecule is CCCOCCCn1c(=O)c2c(=N)c3c(c(=N)c=2c1=O)=C(O)[C@H]1C=CC=C[C@@H]1C=3O. The van der Waals surface area contributed by atoms with E-state index in [2.05, 4.69) is 0 Å². The molecule has 2 atom stereocenters. The molecule has 156 valence electrons. The predicted octanol–water partition coefficient (Wildman–Crippen LogP) is -0.711. The molecule has 1 aliphatic heterocycles. The molecule has 3 aliphatic carbocycles.